The Labute approximate surface area is 118 Å². The second-order valence-corrected chi connectivity index (χ2v) is 5.56. The molecule has 0 radical (unpaired) electrons. The predicted octanol–water partition coefficient (Wildman–Crippen LogP) is 1.48. The summed E-state index contributed by atoms with van der Waals surface area (Å²) in [5, 5.41) is 0. The largest absolute Gasteiger partial charge is 0.366 e. The first-order valence-corrected chi connectivity index (χ1v) is 7.05. The highest BCUT2D eigenvalue weighted by molar-refractivity contribution is 5.92. The summed E-state index contributed by atoms with van der Waals surface area (Å²) in [5.74, 6) is -0.459. The molecule has 4 N–H and O–H groups in total. The monoisotopic (exact) mass is 279 g/mol. The number of nitrogens with two attached hydrogens (primary N) is 2. The summed E-state index contributed by atoms with van der Waals surface area (Å²) in [6.45, 7) is 4.23. The topological polar surface area (TPSA) is 72.3 Å². The van der Waals surface area contributed by atoms with E-state index in [1.807, 2.05) is 0 Å². The van der Waals surface area contributed by atoms with Gasteiger partial charge in [0, 0.05) is 30.3 Å². The van der Waals surface area contributed by atoms with Crippen molar-refractivity contribution in [1.29, 1.82) is 0 Å². The lowest BCUT2D eigenvalue weighted by Crippen LogP contribution is -2.48. The van der Waals surface area contributed by atoms with Crippen LogP contribution >= 0.6 is 0 Å². The van der Waals surface area contributed by atoms with Crippen molar-refractivity contribution >= 4 is 5.91 Å². The minimum Gasteiger partial charge on any atom is -0.366 e. The Balaban J connectivity index is 2.14. The van der Waals surface area contributed by atoms with Crippen LogP contribution in [-0.2, 0) is 6.54 Å². The van der Waals surface area contributed by atoms with Crippen LogP contribution in [0.4, 0.5) is 4.39 Å². The maximum Gasteiger partial charge on any atom is 0.248 e. The zero-order valence-electron chi connectivity index (χ0n) is 11.8. The maximum atomic E-state index is 14.0. The molecule has 1 aromatic carbocycles. The van der Waals surface area contributed by atoms with Crippen LogP contribution in [0.2, 0.25) is 0 Å². The Morgan fingerprint density at radius 3 is 2.85 bits per heavy atom. The first-order chi connectivity index (χ1) is 9.52. The summed E-state index contributed by atoms with van der Waals surface area (Å²) in [6, 6.07) is 4.72. The van der Waals surface area contributed by atoms with Gasteiger partial charge in [-0.15, -0.1) is 0 Å². The molecule has 0 aromatic heterocycles. The molecule has 1 aliphatic heterocycles. The highest BCUT2D eigenvalue weighted by Crippen LogP contribution is 2.25. The maximum absolute atomic E-state index is 14.0. The number of benzene rings is 1. The van der Waals surface area contributed by atoms with Gasteiger partial charge in [-0.1, -0.05) is 13.0 Å². The molecule has 0 bridgehead atoms. The first kappa shape index (κ1) is 14.9. The van der Waals surface area contributed by atoms with E-state index in [1.165, 1.54) is 12.5 Å². The Bertz CT molecular complexity index is 492. The van der Waals surface area contributed by atoms with E-state index in [4.69, 9.17) is 11.5 Å². The number of hydrogen-bond acceptors (Lipinski definition) is 3. The van der Waals surface area contributed by atoms with Crippen molar-refractivity contribution in [3.63, 3.8) is 0 Å². The molecule has 110 valence electrons. The molecule has 1 aromatic rings. The molecule has 0 saturated carbocycles. The lowest BCUT2D eigenvalue weighted by Gasteiger charge is -2.39. The second-order valence-electron chi connectivity index (χ2n) is 5.56. The summed E-state index contributed by atoms with van der Waals surface area (Å²) in [4.78, 5) is 13.3. The molecule has 1 aliphatic rings. The van der Waals surface area contributed by atoms with E-state index in [1.54, 1.807) is 12.1 Å². The Kier molecular flexibility index (Phi) is 4.73. The van der Waals surface area contributed by atoms with Crippen molar-refractivity contribution in [1.82, 2.24) is 4.90 Å². The third kappa shape index (κ3) is 3.16. The van der Waals surface area contributed by atoms with Crippen LogP contribution in [0.3, 0.4) is 0 Å². The average molecular weight is 279 g/mol. The molecular formula is C15H22FN3O. The quantitative estimate of drug-likeness (QED) is 0.877. The van der Waals surface area contributed by atoms with Gasteiger partial charge in [-0.25, -0.2) is 4.39 Å². The van der Waals surface area contributed by atoms with Gasteiger partial charge >= 0.3 is 0 Å². The number of amides is 1. The summed E-state index contributed by atoms with van der Waals surface area (Å²) >= 11 is 0. The van der Waals surface area contributed by atoms with Gasteiger partial charge in [-0.2, -0.15) is 0 Å². The van der Waals surface area contributed by atoms with E-state index in [0.29, 0.717) is 30.6 Å². The number of nitrogens with zero attached hydrogens (tertiary/aromatic N) is 1. The number of piperidine rings is 1. The van der Waals surface area contributed by atoms with Crippen LogP contribution in [0.5, 0.6) is 0 Å². The van der Waals surface area contributed by atoms with Gasteiger partial charge in [0.2, 0.25) is 5.91 Å². The fraction of sp³-hybridized carbons (Fsp3) is 0.533. The number of likely N-dealkylation sites (tertiary alicyclic amines) is 1. The van der Waals surface area contributed by atoms with Gasteiger partial charge in [0.05, 0.1) is 0 Å². The summed E-state index contributed by atoms with van der Waals surface area (Å²) in [6.07, 6.45) is 2.28. The Morgan fingerprint density at radius 2 is 2.25 bits per heavy atom. The molecule has 1 saturated heterocycles. The van der Waals surface area contributed by atoms with Crippen LogP contribution in [0.25, 0.3) is 0 Å². The van der Waals surface area contributed by atoms with Crippen molar-refractivity contribution in [3.8, 4) is 0 Å². The number of carbonyl (C=O) groups is 1. The minimum atomic E-state index is -0.609. The summed E-state index contributed by atoms with van der Waals surface area (Å²) in [5.41, 5.74) is 11.8. The van der Waals surface area contributed by atoms with E-state index in [0.717, 1.165) is 13.0 Å². The van der Waals surface area contributed by atoms with E-state index >= 15 is 0 Å². The number of rotatable bonds is 4. The van der Waals surface area contributed by atoms with E-state index in [9.17, 15) is 9.18 Å². The number of hydrogen-bond donors (Lipinski definition) is 2. The molecule has 1 fully saturated rings. The molecule has 2 unspecified atom stereocenters. The molecule has 5 heteroatoms. The predicted molar refractivity (Wildman–Crippen MR) is 76.6 cm³/mol. The number of primary amides is 1. The fourth-order valence-electron chi connectivity index (χ4n) is 2.96. The highest BCUT2D eigenvalue weighted by atomic mass is 19.1. The Hall–Kier alpha value is -1.46. The molecule has 1 amide bonds. The Morgan fingerprint density at radius 1 is 1.50 bits per heavy atom. The summed E-state index contributed by atoms with van der Waals surface area (Å²) < 4.78 is 14.0. The molecule has 1 heterocycles. The molecular weight excluding hydrogens is 257 g/mol. The van der Waals surface area contributed by atoms with Gasteiger partial charge in [0.1, 0.15) is 5.82 Å². The van der Waals surface area contributed by atoms with Gasteiger partial charge in [-0.05, 0) is 37.4 Å². The van der Waals surface area contributed by atoms with Crippen molar-refractivity contribution in [2.24, 2.45) is 17.4 Å². The molecule has 20 heavy (non-hydrogen) atoms. The number of carbonyl (C=O) groups excluding carboxylic acids is 1. The first-order valence-electron chi connectivity index (χ1n) is 7.05. The van der Waals surface area contributed by atoms with Gasteiger partial charge in [0.25, 0.3) is 0 Å². The zero-order valence-corrected chi connectivity index (χ0v) is 11.8. The van der Waals surface area contributed by atoms with Crippen LogP contribution < -0.4 is 11.5 Å². The third-order valence-electron chi connectivity index (χ3n) is 4.18. The average Bonchev–Trinajstić information content (AvgIpc) is 2.41. The van der Waals surface area contributed by atoms with Crippen molar-refractivity contribution in [2.75, 3.05) is 13.1 Å². The normalized spacial score (nSPS) is 23.8. The molecule has 0 spiro atoms. The van der Waals surface area contributed by atoms with Crippen molar-refractivity contribution in [3.05, 3.63) is 35.1 Å². The van der Waals surface area contributed by atoms with E-state index < -0.39 is 5.91 Å². The summed E-state index contributed by atoms with van der Waals surface area (Å²) in [7, 11) is 0. The smallest absolute Gasteiger partial charge is 0.248 e. The van der Waals surface area contributed by atoms with Crippen molar-refractivity contribution in [2.45, 2.75) is 32.4 Å². The van der Waals surface area contributed by atoms with Crippen LogP contribution in [0.1, 0.15) is 35.7 Å². The minimum absolute atomic E-state index is 0.202. The van der Waals surface area contributed by atoms with Crippen molar-refractivity contribution < 1.29 is 9.18 Å². The zero-order chi connectivity index (χ0) is 14.7. The van der Waals surface area contributed by atoms with E-state index in [2.05, 4.69) is 11.8 Å². The standard InChI is InChI=1S/C15H22FN3O/c1-10-3-2-6-19(14(10)8-17)9-12-5-4-11(15(18)20)7-13(12)16/h4-5,7,10,14H,2-3,6,8-9,17H2,1H3,(H2,18,20). The van der Waals surface area contributed by atoms with Crippen LogP contribution in [0, 0.1) is 11.7 Å². The number of halogens is 1. The lowest BCUT2D eigenvalue weighted by atomic mass is 9.90. The van der Waals surface area contributed by atoms with E-state index in [-0.39, 0.29) is 11.4 Å². The molecule has 2 atom stereocenters. The molecule has 0 aliphatic carbocycles. The van der Waals surface area contributed by atoms with Crippen LogP contribution in [0.15, 0.2) is 18.2 Å². The molecule has 4 nitrogen and oxygen atoms in total. The van der Waals surface area contributed by atoms with Gasteiger partial charge < -0.3 is 11.5 Å². The van der Waals surface area contributed by atoms with Gasteiger partial charge in [-0.3, -0.25) is 9.69 Å². The molecule has 2 rings (SSSR count). The fourth-order valence-corrected chi connectivity index (χ4v) is 2.96. The third-order valence-corrected chi connectivity index (χ3v) is 4.18. The highest BCUT2D eigenvalue weighted by Gasteiger charge is 2.27. The van der Waals surface area contributed by atoms with Gasteiger partial charge in [0.15, 0.2) is 0 Å². The van der Waals surface area contributed by atoms with Crippen LogP contribution in [-0.4, -0.2) is 29.9 Å². The lowest BCUT2D eigenvalue weighted by molar-refractivity contribution is 0.0976. The SMILES string of the molecule is CC1CCCN(Cc2ccc(C(N)=O)cc2F)C1CN. The second kappa shape index (κ2) is 6.33.